The number of hydrogen-bond acceptors (Lipinski definition) is 3. The maximum absolute atomic E-state index is 5.85. The number of nitrogens with zero attached hydrogens (tertiary/aromatic N) is 1. The van der Waals surface area contributed by atoms with E-state index in [9.17, 15) is 0 Å². The highest BCUT2D eigenvalue weighted by atomic mass is 16.5. The fraction of sp³-hybridized carbons (Fsp3) is 1.00. The van der Waals surface area contributed by atoms with Crippen LogP contribution in [-0.2, 0) is 4.74 Å². The second-order valence-electron chi connectivity index (χ2n) is 6.02. The quantitative estimate of drug-likeness (QED) is 0.788. The van der Waals surface area contributed by atoms with Crippen molar-refractivity contribution in [1.29, 1.82) is 0 Å². The van der Waals surface area contributed by atoms with E-state index in [0.717, 1.165) is 12.6 Å². The molecule has 2 fully saturated rings. The molecule has 0 bridgehead atoms. The van der Waals surface area contributed by atoms with E-state index in [1.165, 1.54) is 58.2 Å². The van der Waals surface area contributed by atoms with Crippen LogP contribution in [0.25, 0.3) is 0 Å². The maximum Gasteiger partial charge on any atom is 0.0704 e. The van der Waals surface area contributed by atoms with E-state index in [0.29, 0.717) is 12.2 Å². The summed E-state index contributed by atoms with van der Waals surface area (Å²) in [6.07, 6.45) is 8.72. The molecule has 2 unspecified atom stereocenters. The number of unbranched alkanes of at least 4 members (excludes halogenated alkanes) is 1. The molecule has 0 radical (unpaired) electrons. The van der Waals surface area contributed by atoms with E-state index < -0.39 is 0 Å². The lowest BCUT2D eigenvalue weighted by molar-refractivity contribution is 0.0523. The molecular weight excluding hydrogens is 224 g/mol. The van der Waals surface area contributed by atoms with Gasteiger partial charge in [0.1, 0.15) is 0 Å². The Labute approximate surface area is 112 Å². The standard InChI is InChI=1S/C15H30N2O/c1-3-4-9-17-10-7-14(8-11-17)16-12-15-6-5-13(2)18-15/h13-16H,3-12H2,1-2H3. The Kier molecular flexibility index (Phi) is 5.93. The van der Waals surface area contributed by atoms with Gasteiger partial charge in [-0.15, -0.1) is 0 Å². The van der Waals surface area contributed by atoms with E-state index in [1.807, 2.05) is 0 Å². The third-order valence-electron chi connectivity index (χ3n) is 4.37. The molecule has 0 amide bonds. The lowest BCUT2D eigenvalue weighted by Gasteiger charge is -2.32. The predicted molar refractivity (Wildman–Crippen MR) is 75.9 cm³/mol. The number of hydrogen-bond donors (Lipinski definition) is 1. The zero-order valence-corrected chi connectivity index (χ0v) is 12.2. The third kappa shape index (κ3) is 4.52. The zero-order valence-electron chi connectivity index (χ0n) is 12.2. The van der Waals surface area contributed by atoms with E-state index in [2.05, 4.69) is 24.1 Å². The molecule has 1 N–H and O–H groups in total. The molecule has 18 heavy (non-hydrogen) atoms. The summed E-state index contributed by atoms with van der Waals surface area (Å²) in [5.74, 6) is 0. The summed E-state index contributed by atoms with van der Waals surface area (Å²) in [6, 6.07) is 0.724. The summed E-state index contributed by atoms with van der Waals surface area (Å²) < 4.78 is 5.85. The van der Waals surface area contributed by atoms with Crippen molar-refractivity contribution in [2.45, 2.75) is 70.6 Å². The molecule has 106 valence electrons. The van der Waals surface area contributed by atoms with Crippen molar-refractivity contribution in [1.82, 2.24) is 10.2 Å². The number of piperidine rings is 1. The van der Waals surface area contributed by atoms with Gasteiger partial charge in [-0.05, 0) is 58.7 Å². The molecule has 2 rings (SSSR count). The van der Waals surface area contributed by atoms with Gasteiger partial charge in [-0.2, -0.15) is 0 Å². The van der Waals surface area contributed by atoms with Crippen molar-refractivity contribution < 1.29 is 4.74 Å². The second-order valence-corrected chi connectivity index (χ2v) is 6.02. The van der Waals surface area contributed by atoms with Gasteiger partial charge >= 0.3 is 0 Å². The Morgan fingerprint density at radius 1 is 1.17 bits per heavy atom. The molecule has 0 saturated carbocycles. The molecule has 0 aromatic carbocycles. The number of nitrogens with one attached hydrogen (secondary N) is 1. The van der Waals surface area contributed by atoms with Gasteiger partial charge in [-0.1, -0.05) is 13.3 Å². The van der Waals surface area contributed by atoms with Gasteiger partial charge in [0.05, 0.1) is 12.2 Å². The first kappa shape index (κ1) is 14.3. The summed E-state index contributed by atoms with van der Waals surface area (Å²) >= 11 is 0. The maximum atomic E-state index is 5.85. The molecule has 3 heteroatoms. The molecule has 2 aliphatic rings. The normalized spacial score (nSPS) is 31.0. The summed E-state index contributed by atoms with van der Waals surface area (Å²) in [6.45, 7) is 9.37. The van der Waals surface area contributed by atoms with Crippen LogP contribution in [0.4, 0.5) is 0 Å². The fourth-order valence-corrected chi connectivity index (χ4v) is 3.08. The van der Waals surface area contributed by atoms with Crippen molar-refractivity contribution >= 4 is 0 Å². The Morgan fingerprint density at radius 3 is 2.56 bits per heavy atom. The molecule has 2 aliphatic heterocycles. The van der Waals surface area contributed by atoms with Gasteiger partial charge in [0.15, 0.2) is 0 Å². The Bertz CT molecular complexity index is 227. The monoisotopic (exact) mass is 254 g/mol. The molecule has 2 atom stereocenters. The molecule has 2 heterocycles. The van der Waals surface area contributed by atoms with Crippen molar-refractivity contribution in [3.05, 3.63) is 0 Å². The van der Waals surface area contributed by atoms with Crippen molar-refractivity contribution in [3.63, 3.8) is 0 Å². The topological polar surface area (TPSA) is 24.5 Å². The molecular formula is C15H30N2O. The average Bonchev–Trinajstić information content (AvgIpc) is 2.81. The molecule has 0 aromatic heterocycles. The molecule has 0 spiro atoms. The van der Waals surface area contributed by atoms with Gasteiger partial charge in [-0.25, -0.2) is 0 Å². The first-order valence-corrected chi connectivity index (χ1v) is 7.89. The Morgan fingerprint density at radius 2 is 1.94 bits per heavy atom. The van der Waals surface area contributed by atoms with Gasteiger partial charge in [0, 0.05) is 12.6 Å². The van der Waals surface area contributed by atoms with E-state index in [4.69, 9.17) is 4.74 Å². The Hall–Kier alpha value is -0.120. The predicted octanol–water partition coefficient (Wildman–Crippen LogP) is 2.41. The summed E-state index contributed by atoms with van der Waals surface area (Å²) in [7, 11) is 0. The SMILES string of the molecule is CCCCN1CCC(NCC2CCC(C)O2)CC1. The van der Waals surface area contributed by atoms with Gasteiger partial charge in [-0.3, -0.25) is 0 Å². The highest BCUT2D eigenvalue weighted by Crippen LogP contribution is 2.19. The minimum Gasteiger partial charge on any atom is -0.374 e. The second kappa shape index (κ2) is 7.46. The summed E-state index contributed by atoms with van der Waals surface area (Å²) in [5.41, 5.74) is 0. The highest BCUT2D eigenvalue weighted by Gasteiger charge is 2.24. The van der Waals surface area contributed by atoms with Gasteiger partial charge < -0.3 is 15.0 Å². The Balaban J connectivity index is 1.56. The largest absolute Gasteiger partial charge is 0.374 e. The van der Waals surface area contributed by atoms with Crippen molar-refractivity contribution in [3.8, 4) is 0 Å². The minimum atomic E-state index is 0.470. The van der Waals surface area contributed by atoms with E-state index in [-0.39, 0.29) is 0 Å². The van der Waals surface area contributed by atoms with Gasteiger partial charge in [0.25, 0.3) is 0 Å². The van der Waals surface area contributed by atoms with Crippen molar-refractivity contribution in [2.75, 3.05) is 26.2 Å². The number of rotatable bonds is 6. The van der Waals surface area contributed by atoms with Crippen LogP contribution in [0.1, 0.15) is 52.4 Å². The fourth-order valence-electron chi connectivity index (χ4n) is 3.08. The molecule has 3 nitrogen and oxygen atoms in total. The van der Waals surface area contributed by atoms with Crippen LogP contribution in [0.2, 0.25) is 0 Å². The van der Waals surface area contributed by atoms with Gasteiger partial charge in [0.2, 0.25) is 0 Å². The third-order valence-corrected chi connectivity index (χ3v) is 4.37. The number of ether oxygens (including phenoxy) is 1. The van der Waals surface area contributed by atoms with Crippen LogP contribution < -0.4 is 5.32 Å². The van der Waals surface area contributed by atoms with Crippen LogP contribution in [-0.4, -0.2) is 49.3 Å². The first-order valence-electron chi connectivity index (χ1n) is 7.89. The lowest BCUT2D eigenvalue weighted by atomic mass is 10.0. The average molecular weight is 254 g/mol. The summed E-state index contributed by atoms with van der Waals surface area (Å²) in [5, 5.41) is 3.71. The highest BCUT2D eigenvalue weighted by molar-refractivity contribution is 4.80. The summed E-state index contributed by atoms with van der Waals surface area (Å²) in [4.78, 5) is 2.62. The first-order chi connectivity index (χ1) is 8.78. The molecule has 0 aromatic rings. The zero-order chi connectivity index (χ0) is 12.8. The van der Waals surface area contributed by atoms with Crippen molar-refractivity contribution in [2.24, 2.45) is 0 Å². The van der Waals surface area contributed by atoms with Crippen LogP contribution in [0, 0.1) is 0 Å². The minimum absolute atomic E-state index is 0.470. The smallest absolute Gasteiger partial charge is 0.0704 e. The molecule has 0 aliphatic carbocycles. The lowest BCUT2D eigenvalue weighted by Crippen LogP contribution is -2.44. The van der Waals surface area contributed by atoms with E-state index >= 15 is 0 Å². The van der Waals surface area contributed by atoms with Crippen LogP contribution in [0.3, 0.4) is 0 Å². The van der Waals surface area contributed by atoms with E-state index in [1.54, 1.807) is 0 Å². The number of likely N-dealkylation sites (tertiary alicyclic amines) is 1. The van der Waals surface area contributed by atoms with Crippen LogP contribution in [0.5, 0.6) is 0 Å². The van der Waals surface area contributed by atoms with Crippen LogP contribution >= 0.6 is 0 Å². The molecule has 2 saturated heterocycles. The van der Waals surface area contributed by atoms with Crippen LogP contribution in [0.15, 0.2) is 0 Å².